The standard InChI is InChI=1S/C17H29N3O3/c1-18(2)9-10-20-15(22)3-4-17(20)5-7-19(8-6-17)16(23)13-11-14(21)12-13/h13-14,21H,3-12H2,1-2H3. The first kappa shape index (κ1) is 16.7. The van der Waals surface area contributed by atoms with E-state index in [0.717, 1.165) is 45.4 Å². The van der Waals surface area contributed by atoms with E-state index in [0.29, 0.717) is 19.3 Å². The van der Waals surface area contributed by atoms with Gasteiger partial charge in [-0.1, -0.05) is 0 Å². The minimum atomic E-state index is -0.283. The van der Waals surface area contributed by atoms with Crippen LogP contribution >= 0.6 is 0 Å². The number of carbonyl (C=O) groups excluding carboxylic acids is 2. The first-order chi connectivity index (χ1) is 10.9. The van der Waals surface area contributed by atoms with E-state index in [2.05, 4.69) is 9.80 Å². The first-order valence-corrected chi connectivity index (χ1v) is 8.83. The smallest absolute Gasteiger partial charge is 0.225 e. The monoisotopic (exact) mass is 323 g/mol. The van der Waals surface area contributed by atoms with Crippen LogP contribution in [0.25, 0.3) is 0 Å². The van der Waals surface area contributed by atoms with Crippen molar-refractivity contribution in [1.82, 2.24) is 14.7 Å². The average molecular weight is 323 g/mol. The summed E-state index contributed by atoms with van der Waals surface area (Å²) in [5.74, 6) is 0.497. The van der Waals surface area contributed by atoms with Gasteiger partial charge in [-0.3, -0.25) is 9.59 Å². The molecule has 0 aromatic carbocycles. The molecule has 2 aliphatic heterocycles. The van der Waals surface area contributed by atoms with Gasteiger partial charge in [0.15, 0.2) is 0 Å². The summed E-state index contributed by atoms with van der Waals surface area (Å²) in [6, 6.07) is 0. The van der Waals surface area contributed by atoms with E-state index in [1.165, 1.54) is 0 Å². The molecule has 3 fully saturated rings. The number of nitrogens with zero attached hydrogens (tertiary/aromatic N) is 3. The first-order valence-electron chi connectivity index (χ1n) is 8.83. The summed E-state index contributed by atoms with van der Waals surface area (Å²) in [5, 5.41) is 9.38. The number of rotatable bonds is 4. The van der Waals surface area contributed by atoms with Crippen LogP contribution in [-0.4, -0.2) is 83.5 Å². The number of likely N-dealkylation sites (N-methyl/N-ethyl adjacent to an activating group) is 1. The molecule has 1 aliphatic carbocycles. The molecule has 0 aromatic heterocycles. The molecule has 0 atom stereocenters. The summed E-state index contributed by atoms with van der Waals surface area (Å²) >= 11 is 0. The Labute approximate surface area is 138 Å². The van der Waals surface area contributed by atoms with Crippen LogP contribution in [0, 0.1) is 5.92 Å². The Kier molecular flexibility index (Phi) is 4.65. The van der Waals surface area contributed by atoms with Gasteiger partial charge in [0.1, 0.15) is 0 Å². The van der Waals surface area contributed by atoms with Gasteiger partial charge in [0.05, 0.1) is 6.10 Å². The highest BCUT2D eigenvalue weighted by Crippen LogP contribution is 2.40. The lowest BCUT2D eigenvalue weighted by Crippen LogP contribution is -2.56. The van der Waals surface area contributed by atoms with Crippen molar-refractivity contribution in [2.45, 2.75) is 50.2 Å². The van der Waals surface area contributed by atoms with Gasteiger partial charge in [-0.15, -0.1) is 0 Å². The average Bonchev–Trinajstić information content (AvgIpc) is 2.78. The highest BCUT2D eigenvalue weighted by Gasteiger charge is 2.48. The molecule has 6 heteroatoms. The summed E-state index contributed by atoms with van der Waals surface area (Å²) < 4.78 is 0. The van der Waals surface area contributed by atoms with Crippen molar-refractivity contribution in [3.8, 4) is 0 Å². The van der Waals surface area contributed by atoms with E-state index in [9.17, 15) is 14.7 Å². The van der Waals surface area contributed by atoms with E-state index in [1.807, 2.05) is 19.0 Å². The minimum absolute atomic E-state index is 0.0223. The van der Waals surface area contributed by atoms with E-state index in [1.54, 1.807) is 0 Å². The zero-order valence-electron chi connectivity index (χ0n) is 14.3. The number of aliphatic hydroxyl groups excluding tert-OH is 1. The lowest BCUT2D eigenvalue weighted by Gasteiger charge is -2.46. The Morgan fingerprint density at radius 2 is 1.91 bits per heavy atom. The summed E-state index contributed by atoms with van der Waals surface area (Å²) in [6.07, 6.45) is 4.33. The lowest BCUT2D eigenvalue weighted by molar-refractivity contribution is -0.145. The molecule has 3 rings (SSSR count). The third kappa shape index (κ3) is 3.24. The van der Waals surface area contributed by atoms with Crippen molar-refractivity contribution < 1.29 is 14.7 Å². The van der Waals surface area contributed by atoms with Crippen LogP contribution in [0.1, 0.15) is 38.5 Å². The third-order valence-corrected chi connectivity index (χ3v) is 5.92. The molecule has 0 unspecified atom stereocenters. The van der Waals surface area contributed by atoms with Crippen molar-refractivity contribution in [3.63, 3.8) is 0 Å². The van der Waals surface area contributed by atoms with Gasteiger partial charge in [0.25, 0.3) is 0 Å². The molecule has 1 saturated carbocycles. The van der Waals surface area contributed by atoms with Crippen molar-refractivity contribution in [2.24, 2.45) is 5.92 Å². The molecular weight excluding hydrogens is 294 g/mol. The van der Waals surface area contributed by atoms with Crippen molar-refractivity contribution in [3.05, 3.63) is 0 Å². The van der Waals surface area contributed by atoms with Gasteiger partial charge in [-0.2, -0.15) is 0 Å². The maximum absolute atomic E-state index is 12.4. The molecule has 2 amide bonds. The van der Waals surface area contributed by atoms with Crippen LogP contribution in [0.3, 0.4) is 0 Å². The Bertz CT molecular complexity index is 466. The Hall–Kier alpha value is -1.14. The molecule has 23 heavy (non-hydrogen) atoms. The highest BCUT2D eigenvalue weighted by molar-refractivity contribution is 5.81. The number of piperidine rings is 1. The van der Waals surface area contributed by atoms with Gasteiger partial charge in [-0.25, -0.2) is 0 Å². The SMILES string of the molecule is CN(C)CCN1C(=O)CCC12CCN(C(=O)C1CC(O)C1)CC2. The van der Waals surface area contributed by atoms with Crippen LogP contribution in [0.15, 0.2) is 0 Å². The number of amides is 2. The third-order valence-electron chi connectivity index (χ3n) is 5.92. The van der Waals surface area contributed by atoms with Crippen LogP contribution in [0.2, 0.25) is 0 Å². The predicted molar refractivity (Wildman–Crippen MR) is 86.8 cm³/mol. The van der Waals surface area contributed by atoms with Crippen LogP contribution in [0.5, 0.6) is 0 Å². The fourth-order valence-corrected chi connectivity index (χ4v) is 4.25. The summed E-state index contributed by atoms with van der Waals surface area (Å²) in [4.78, 5) is 30.8. The second-order valence-electron chi connectivity index (χ2n) is 7.72. The highest BCUT2D eigenvalue weighted by atomic mass is 16.3. The second kappa shape index (κ2) is 6.40. The molecule has 2 heterocycles. The maximum atomic E-state index is 12.4. The van der Waals surface area contributed by atoms with Crippen LogP contribution < -0.4 is 0 Å². The summed E-state index contributed by atoms with van der Waals surface area (Å²) in [5.41, 5.74) is -0.0248. The fraction of sp³-hybridized carbons (Fsp3) is 0.882. The van der Waals surface area contributed by atoms with E-state index in [-0.39, 0.29) is 29.4 Å². The number of hydrogen-bond acceptors (Lipinski definition) is 4. The molecule has 130 valence electrons. The maximum Gasteiger partial charge on any atom is 0.225 e. The molecule has 1 spiro atoms. The van der Waals surface area contributed by atoms with Crippen molar-refractivity contribution >= 4 is 11.8 Å². The zero-order chi connectivity index (χ0) is 16.6. The second-order valence-corrected chi connectivity index (χ2v) is 7.72. The fourth-order valence-electron chi connectivity index (χ4n) is 4.25. The summed E-state index contributed by atoms with van der Waals surface area (Å²) in [7, 11) is 4.06. The van der Waals surface area contributed by atoms with Crippen molar-refractivity contribution in [1.29, 1.82) is 0 Å². The Morgan fingerprint density at radius 1 is 1.26 bits per heavy atom. The zero-order valence-corrected chi connectivity index (χ0v) is 14.3. The quantitative estimate of drug-likeness (QED) is 0.808. The molecule has 6 nitrogen and oxygen atoms in total. The predicted octanol–water partition coefficient (Wildman–Crippen LogP) is 0.303. The molecule has 2 saturated heterocycles. The molecular formula is C17H29N3O3. The largest absolute Gasteiger partial charge is 0.393 e. The normalized spacial score (nSPS) is 30.2. The van der Waals surface area contributed by atoms with Gasteiger partial charge >= 0.3 is 0 Å². The number of carbonyl (C=O) groups is 2. The molecule has 1 N–H and O–H groups in total. The van der Waals surface area contributed by atoms with Gasteiger partial charge < -0.3 is 19.8 Å². The van der Waals surface area contributed by atoms with E-state index < -0.39 is 0 Å². The molecule has 0 aromatic rings. The van der Waals surface area contributed by atoms with Gasteiger partial charge in [0, 0.05) is 44.1 Å². The topological polar surface area (TPSA) is 64.1 Å². The lowest BCUT2D eigenvalue weighted by atomic mass is 9.79. The Balaban J connectivity index is 1.57. The molecule has 0 radical (unpaired) electrons. The van der Waals surface area contributed by atoms with E-state index >= 15 is 0 Å². The number of likely N-dealkylation sites (tertiary alicyclic amines) is 2. The number of aliphatic hydroxyl groups is 1. The summed E-state index contributed by atoms with van der Waals surface area (Å²) in [6.45, 7) is 3.17. The molecule has 3 aliphatic rings. The minimum Gasteiger partial charge on any atom is -0.393 e. The van der Waals surface area contributed by atoms with Crippen molar-refractivity contribution in [2.75, 3.05) is 40.3 Å². The molecule has 0 bridgehead atoms. The van der Waals surface area contributed by atoms with Gasteiger partial charge in [0.2, 0.25) is 11.8 Å². The van der Waals surface area contributed by atoms with Crippen LogP contribution in [-0.2, 0) is 9.59 Å². The Morgan fingerprint density at radius 3 is 2.48 bits per heavy atom. The van der Waals surface area contributed by atoms with E-state index in [4.69, 9.17) is 0 Å². The number of hydrogen-bond donors (Lipinski definition) is 1. The van der Waals surface area contributed by atoms with Gasteiger partial charge in [-0.05, 0) is 46.2 Å². The van der Waals surface area contributed by atoms with Crippen LogP contribution in [0.4, 0.5) is 0 Å².